The Balaban J connectivity index is 1.42. The molecule has 1 aliphatic heterocycles. The first-order valence-corrected chi connectivity index (χ1v) is 9.88. The molecular formula is C20H15Br2NO4. The highest BCUT2D eigenvalue weighted by atomic mass is 79.9. The van der Waals surface area contributed by atoms with Crippen molar-refractivity contribution in [2.45, 2.75) is 0 Å². The molecule has 4 rings (SSSR count). The maximum absolute atomic E-state index is 12.3. The molecule has 0 radical (unpaired) electrons. The Morgan fingerprint density at radius 2 is 1.67 bits per heavy atom. The summed E-state index contributed by atoms with van der Waals surface area (Å²) in [6.07, 6.45) is 0. The Bertz CT molecular complexity index is 1020. The van der Waals surface area contributed by atoms with Crippen LogP contribution in [0.2, 0.25) is 0 Å². The van der Waals surface area contributed by atoms with E-state index in [9.17, 15) is 4.79 Å². The van der Waals surface area contributed by atoms with Gasteiger partial charge in [0.15, 0.2) is 18.1 Å². The Morgan fingerprint density at radius 3 is 2.48 bits per heavy atom. The molecule has 0 aromatic heterocycles. The van der Waals surface area contributed by atoms with Crippen LogP contribution in [0.1, 0.15) is 0 Å². The van der Waals surface area contributed by atoms with Gasteiger partial charge in [-0.3, -0.25) is 4.79 Å². The Labute approximate surface area is 172 Å². The molecule has 27 heavy (non-hydrogen) atoms. The van der Waals surface area contributed by atoms with Crippen LogP contribution in [0.4, 0.5) is 5.69 Å². The molecule has 138 valence electrons. The zero-order valence-corrected chi connectivity index (χ0v) is 17.3. The van der Waals surface area contributed by atoms with Gasteiger partial charge in [-0.2, -0.15) is 0 Å². The predicted octanol–water partition coefficient (Wildman–Crippen LogP) is 5.15. The van der Waals surface area contributed by atoms with E-state index in [1.807, 2.05) is 36.4 Å². The third-order valence-electron chi connectivity index (χ3n) is 4.05. The van der Waals surface area contributed by atoms with Gasteiger partial charge in [0.1, 0.15) is 19.0 Å². The van der Waals surface area contributed by atoms with Crippen LogP contribution in [0.5, 0.6) is 17.2 Å². The average molecular weight is 493 g/mol. The SMILES string of the molecule is O=C(COc1ccc2cc(Br)ccc2c1)Nc1cc2c(cc1Br)OCCO2. The Kier molecular flexibility index (Phi) is 5.22. The van der Waals surface area contributed by atoms with E-state index in [0.29, 0.717) is 36.1 Å². The van der Waals surface area contributed by atoms with E-state index < -0.39 is 0 Å². The minimum absolute atomic E-state index is 0.0943. The largest absolute Gasteiger partial charge is 0.486 e. The van der Waals surface area contributed by atoms with E-state index in [-0.39, 0.29) is 12.5 Å². The molecular weight excluding hydrogens is 478 g/mol. The number of rotatable bonds is 4. The number of hydrogen-bond donors (Lipinski definition) is 1. The summed E-state index contributed by atoms with van der Waals surface area (Å²) in [5.74, 6) is 1.65. The maximum Gasteiger partial charge on any atom is 0.262 e. The van der Waals surface area contributed by atoms with Crippen molar-refractivity contribution in [3.05, 3.63) is 57.5 Å². The fourth-order valence-corrected chi connectivity index (χ4v) is 3.58. The normalized spacial score (nSPS) is 12.7. The lowest BCUT2D eigenvalue weighted by molar-refractivity contribution is -0.118. The first-order chi connectivity index (χ1) is 13.1. The first kappa shape index (κ1) is 18.1. The molecule has 1 N–H and O–H groups in total. The number of carbonyl (C=O) groups excluding carboxylic acids is 1. The summed E-state index contributed by atoms with van der Waals surface area (Å²) >= 11 is 6.89. The summed E-state index contributed by atoms with van der Waals surface area (Å²) in [6, 6.07) is 15.3. The van der Waals surface area contributed by atoms with Gasteiger partial charge in [-0.25, -0.2) is 0 Å². The van der Waals surface area contributed by atoms with E-state index in [0.717, 1.165) is 19.7 Å². The topological polar surface area (TPSA) is 56.8 Å². The molecule has 0 saturated carbocycles. The van der Waals surface area contributed by atoms with E-state index in [1.54, 1.807) is 12.1 Å². The van der Waals surface area contributed by atoms with Crippen molar-refractivity contribution in [2.75, 3.05) is 25.1 Å². The van der Waals surface area contributed by atoms with E-state index >= 15 is 0 Å². The van der Waals surface area contributed by atoms with Gasteiger partial charge >= 0.3 is 0 Å². The van der Waals surface area contributed by atoms with Crippen molar-refractivity contribution < 1.29 is 19.0 Å². The van der Waals surface area contributed by atoms with Crippen molar-refractivity contribution in [3.63, 3.8) is 0 Å². The minimum atomic E-state index is -0.261. The second-order valence-corrected chi connectivity index (χ2v) is 7.74. The maximum atomic E-state index is 12.3. The third kappa shape index (κ3) is 4.20. The molecule has 5 nitrogen and oxygen atoms in total. The van der Waals surface area contributed by atoms with E-state index in [4.69, 9.17) is 14.2 Å². The van der Waals surface area contributed by atoms with Gasteiger partial charge in [0.2, 0.25) is 0 Å². The molecule has 0 saturated heterocycles. The summed E-state index contributed by atoms with van der Waals surface area (Å²) < 4.78 is 18.4. The lowest BCUT2D eigenvalue weighted by Crippen LogP contribution is -2.21. The van der Waals surface area contributed by atoms with Crippen molar-refractivity contribution >= 4 is 54.2 Å². The van der Waals surface area contributed by atoms with E-state index in [2.05, 4.69) is 37.2 Å². The van der Waals surface area contributed by atoms with Crippen molar-refractivity contribution in [2.24, 2.45) is 0 Å². The van der Waals surface area contributed by atoms with Crippen LogP contribution in [-0.2, 0) is 4.79 Å². The molecule has 0 bridgehead atoms. The molecule has 0 fully saturated rings. The molecule has 0 unspecified atom stereocenters. The molecule has 3 aromatic carbocycles. The fraction of sp³-hybridized carbons (Fsp3) is 0.150. The summed E-state index contributed by atoms with van der Waals surface area (Å²) in [7, 11) is 0. The number of benzene rings is 3. The van der Waals surface area contributed by atoms with Crippen molar-refractivity contribution in [3.8, 4) is 17.2 Å². The van der Waals surface area contributed by atoms with Crippen LogP contribution in [-0.4, -0.2) is 25.7 Å². The number of halogens is 2. The predicted molar refractivity (Wildman–Crippen MR) is 111 cm³/mol. The highest BCUT2D eigenvalue weighted by Gasteiger charge is 2.16. The Morgan fingerprint density at radius 1 is 0.963 bits per heavy atom. The molecule has 1 heterocycles. The van der Waals surface area contributed by atoms with Gasteiger partial charge < -0.3 is 19.5 Å². The summed E-state index contributed by atoms with van der Waals surface area (Å²) in [6.45, 7) is 0.911. The molecule has 0 aliphatic carbocycles. The number of fused-ring (bicyclic) bond motifs is 2. The second kappa shape index (κ2) is 7.78. The number of nitrogens with one attached hydrogen (secondary N) is 1. The monoisotopic (exact) mass is 491 g/mol. The van der Waals surface area contributed by atoms with E-state index in [1.165, 1.54) is 0 Å². The van der Waals surface area contributed by atoms with Gasteiger partial charge in [0.25, 0.3) is 5.91 Å². The Hall–Kier alpha value is -2.25. The second-order valence-electron chi connectivity index (χ2n) is 5.97. The molecule has 3 aromatic rings. The van der Waals surface area contributed by atoms with Crippen molar-refractivity contribution in [1.82, 2.24) is 0 Å². The number of anilines is 1. The molecule has 0 atom stereocenters. The van der Waals surface area contributed by atoms with Crippen LogP contribution < -0.4 is 19.5 Å². The lowest BCUT2D eigenvalue weighted by Gasteiger charge is -2.20. The smallest absolute Gasteiger partial charge is 0.262 e. The summed E-state index contributed by atoms with van der Waals surface area (Å²) in [5.41, 5.74) is 0.608. The first-order valence-electron chi connectivity index (χ1n) is 8.29. The lowest BCUT2D eigenvalue weighted by atomic mass is 10.1. The minimum Gasteiger partial charge on any atom is -0.486 e. The highest BCUT2D eigenvalue weighted by Crippen LogP contribution is 2.38. The summed E-state index contributed by atoms with van der Waals surface area (Å²) in [4.78, 5) is 12.3. The molecule has 1 aliphatic rings. The zero-order chi connectivity index (χ0) is 18.8. The number of carbonyl (C=O) groups is 1. The average Bonchev–Trinajstić information content (AvgIpc) is 2.67. The fourth-order valence-electron chi connectivity index (χ4n) is 2.78. The van der Waals surface area contributed by atoms with Gasteiger partial charge in [-0.1, -0.05) is 28.1 Å². The molecule has 7 heteroatoms. The van der Waals surface area contributed by atoms with Crippen LogP contribution in [0.3, 0.4) is 0 Å². The van der Waals surface area contributed by atoms with Gasteiger partial charge in [0, 0.05) is 21.1 Å². The number of hydrogen-bond acceptors (Lipinski definition) is 4. The van der Waals surface area contributed by atoms with Crippen LogP contribution in [0, 0.1) is 0 Å². The van der Waals surface area contributed by atoms with Crippen LogP contribution in [0.25, 0.3) is 10.8 Å². The van der Waals surface area contributed by atoms with Crippen molar-refractivity contribution in [1.29, 1.82) is 0 Å². The highest BCUT2D eigenvalue weighted by molar-refractivity contribution is 9.10. The molecule has 0 spiro atoms. The number of amides is 1. The number of ether oxygens (including phenoxy) is 3. The van der Waals surface area contributed by atoms with Gasteiger partial charge in [0.05, 0.1) is 5.69 Å². The van der Waals surface area contributed by atoms with Crippen LogP contribution in [0.15, 0.2) is 57.5 Å². The quantitative estimate of drug-likeness (QED) is 0.547. The van der Waals surface area contributed by atoms with Gasteiger partial charge in [-0.15, -0.1) is 0 Å². The third-order valence-corrected chi connectivity index (χ3v) is 5.20. The zero-order valence-electron chi connectivity index (χ0n) is 14.1. The molecule has 1 amide bonds. The summed E-state index contributed by atoms with van der Waals surface area (Å²) in [5, 5.41) is 4.97. The van der Waals surface area contributed by atoms with Gasteiger partial charge in [-0.05, 0) is 51.0 Å². The van der Waals surface area contributed by atoms with Crippen LogP contribution >= 0.6 is 31.9 Å². The standard InChI is InChI=1S/C20H15Br2NO4/c21-14-3-1-13-8-15(4-2-12(13)7-14)27-11-20(24)23-17-10-19-18(9-16(17)22)25-5-6-26-19/h1-4,7-10H,5-6,11H2,(H,23,24).